The molecule has 0 bridgehead atoms. The molecule has 0 spiro atoms. The number of rotatable bonds is 3. The van der Waals surface area contributed by atoms with E-state index < -0.39 is 0 Å². The van der Waals surface area contributed by atoms with Crippen LogP contribution in [-0.2, 0) is 17.1 Å². The average molecular weight is 472 g/mol. The molecule has 0 aliphatic heterocycles. The van der Waals surface area contributed by atoms with Crippen molar-refractivity contribution in [2.75, 3.05) is 0 Å². The molecule has 178 valence electrons. The topological polar surface area (TPSA) is 34.1 Å². The first-order valence-electron chi connectivity index (χ1n) is 10.9. The first-order chi connectivity index (χ1) is 14.3. The molecule has 0 saturated carbocycles. The maximum atomic E-state index is 13.0. The summed E-state index contributed by atoms with van der Waals surface area (Å²) < 4.78 is 0. The minimum atomic E-state index is 0. The Balaban J connectivity index is 0.000000364. The Kier molecular flexibility index (Phi) is 9.21. The molecule has 3 rings (SSSR count). The van der Waals surface area contributed by atoms with Crippen molar-refractivity contribution in [3.63, 3.8) is 0 Å². The molecule has 3 aromatic rings. The van der Waals surface area contributed by atoms with Crippen molar-refractivity contribution in [2.45, 2.75) is 76.2 Å². The van der Waals surface area contributed by atoms with E-state index >= 15 is 0 Å². The van der Waals surface area contributed by atoms with E-state index in [9.17, 15) is 9.59 Å². The van der Waals surface area contributed by atoms with Gasteiger partial charge in [-0.25, -0.2) is 27.7 Å². The Labute approximate surface area is 204 Å². The number of benzene rings is 1. The summed E-state index contributed by atoms with van der Waals surface area (Å²) in [5.41, 5.74) is 15.5. The number of carbonyl (C=O) groups is 2. The smallest absolute Gasteiger partial charge is 0.113 e. The summed E-state index contributed by atoms with van der Waals surface area (Å²) in [4.78, 5) is 23.6. The van der Waals surface area contributed by atoms with Gasteiger partial charge in [-0.05, 0) is 26.3 Å². The van der Waals surface area contributed by atoms with Gasteiger partial charge in [0.25, 0.3) is 0 Å². The molecule has 0 aliphatic rings. The number of aldehydes is 1. The average Bonchev–Trinajstić information content (AvgIpc) is 3.00. The molecule has 0 radical (unpaired) electrons. The molecule has 2 nitrogen and oxygen atoms in total. The van der Waals surface area contributed by atoms with Crippen LogP contribution in [0.15, 0.2) is 12.1 Å². The number of aryl methyl sites for hydroxylation is 3. The van der Waals surface area contributed by atoms with Crippen LogP contribution >= 0.6 is 0 Å². The van der Waals surface area contributed by atoms with E-state index in [1.54, 1.807) is 0 Å². The van der Waals surface area contributed by atoms with Crippen LogP contribution in [0.2, 0.25) is 0 Å². The van der Waals surface area contributed by atoms with E-state index in [0.717, 1.165) is 56.4 Å². The molecule has 0 amide bonds. The summed E-state index contributed by atoms with van der Waals surface area (Å²) in [6, 6.07) is 4.18. The quantitative estimate of drug-likeness (QED) is 0.174. The van der Waals surface area contributed by atoms with Crippen molar-refractivity contribution in [1.82, 2.24) is 0 Å². The van der Waals surface area contributed by atoms with E-state index in [0.29, 0.717) is 0 Å². The van der Waals surface area contributed by atoms with E-state index in [4.69, 9.17) is 0 Å². The summed E-state index contributed by atoms with van der Waals surface area (Å²) in [7, 11) is 0. The molecule has 0 unspecified atom stereocenters. The van der Waals surface area contributed by atoms with E-state index in [-0.39, 0.29) is 22.9 Å². The Morgan fingerprint density at radius 3 is 1.41 bits per heavy atom. The molecule has 32 heavy (non-hydrogen) atoms. The van der Waals surface area contributed by atoms with Gasteiger partial charge >= 0.3 is 0 Å². The van der Waals surface area contributed by atoms with Gasteiger partial charge in [0.2, 0.25) is 0 Å². The standard InChI is InChI=1S/C19H23O.C10H13O.Fe/c1-10-8-11(2)17(12(3)9-10)19(20)18-15(6)13(4)14(5)16(18)7;1-6-7(2)9(4)10(5-11)8(6)3;/h8-9H,1-7H3;5H,1-4H3;/q-1;-5;. The molecule has 0 aromatic heterocycles. The molecule has 0 atom stereocenters. The van der Waals surface area contributed by atoms with Crippen molar-refractivity contribution in [1.29, 1.82) is 0 Å². The first-order valence-corrected chi connectivity index (χ1v) is 10.9. The predicted octanol–water partition coefficient (Wildman–Crippen LogP) is 7.24. The molecule has 0 N–H and O–H groups in total. The van der Waals surface area contributed by atoms with Gasteiger partial charge in [0.1, 0.15) is 5.78 Å². The molecular formula is C29H36FeO2-6. The molecule has 3 heteroatoms. The summed E-state index contributed by atoms with van der Waals surface area (Å²) in [6.45, 7) is 22.6. The van der Waals surface area contributed by atoms with Crippen molar-refractivity contribution in [3.05, 3.63) is 90.0 Å². The van der Waals surface area contributed by atoms with Crippen LogP contribution in [0.25, 0.3) is 0 Å². The fraction of sp³-hybridized carbons (Fsp3) is 0.379. The summed E-state index contributed by atoms with van der Waals surface area (Å²) in [5.74, 6) is 0.172. The summed E-state index contributed by atoms with van der Waals surface area (Å²) in [6.07, 6.45) is 0.949. The second kappa shape index (κ2) is 10.6. The Bertz CT molecular complexity index is 1090. The van der Waals surface area contributed by atoms with Crippen LogP contribution in [0, 0.1) is 76.2 Å². The van der Waals surface area contributed by atoms with Gasteiger partial charge < -0.3 is 37.4 Å². The van der Waals surface area contributed by atoms with Gasteiger partial charge in [-0.1, -0.05) is 68.4 Å². The van der Waals surface area contributed by atoms with Crippen LogP contribution in [0.1, 0.15) is 87.5 Å². The van der Waals surface area contributed by atoms with Crippen molar-refractivity contribution in [3.8, 4) is 0 Å². The van der Waals surface area contributed by atoms with Gasteiger partial charge in [-0.3, -0.25) is 0 Å². The Hall–Kier alpha value is -2.22. The van der Waals surface area contributed by atoms with Crippen LogP contribution in [0.4, 0.5) is 0 Å². The minimum Gasteiger partial charge on any atom is -0.731 e. The Morgan fingerprint density at radius 2 is 1.09 bits per heavy atom. The monoisotopic (exact) mass is 472 g/mol. The molecule has 3 aromatic carbocycles. The van der Waals surface area contributed by atoms with Gasteiger partial charge in [-0.15, -0.1) is 11.1 Å². The molecule has 0 aliphatic carbocycles. The van der Waals surface area contributed by atoms with Crippen LogP contribution in [0.3, 0.4) is 0 Å². The van der Waals surface area contributed by atoms with Crippen LogP contribution in [0.5, 0.6) is 0 Å². The summed E-state index contributed by atoms with van der Waals surface area (Å²) in [5, 5.41) is 0. The third kappa shape index (κ3) is 4.90. The SMILES string of the molecule is C[c-]1[c-](C)[c-](C)[c-](C=O)[c-]1C.Cc1cc(C)c(C(=O)[c-]2c(C)c(C)c(C)c2C)c(C)c1.[Fe]. The molecule has 0 heterocycles. The van der Waals surface area contributed by atoms with Gasteiger partial charge in [-0.2, -0.15) is 11.1 Å². The number of hydrogen-bond acceptors (Lipinski definition) is 2. The second-order valence-corrected chi connectivity index (χ2v) is 9.01. The van der Waals surface area contributed by atoms with Crippen molar-refractivity contribution in [2.24, 2.45) is 0 Å². The third-order valence-electron chi connectivity index (χ3n) is 7.18. The second-order valence-electron chi connectivity index (χ2n) is 9.01. The fourth-order valence-corrected chi connectivity index (χ4v) is 4.65. The predicted molar refractivity (Wildman–Crippen MR) is 131 cm³/mol. The maximum absolute atomic E-state index is 13.0. The van der Waals surface area contributed by atoms with Crippen molar-refractivity contribution < 1.29 is 26.7 Å². The normalized spacial score (nSPS) is 10.3. The van der Waals surface area contributed by atoms with E-state index in [2.05, 4.69) is 60.6 Å². The number of ketones is 1. The zero-order valence-electron chi connectivity index (χ0n) is 21.4. The van der Waals surface area contributed by atoms with Crippen LogP contribution < -0.4 is 0 Å². The zero-order valence-corrected chi connectivity index (χ0v) is 22.5. The third-order valence-corrected chi connectivity index (χ3v) is 7.18. The molecular weight excluding hydrogens is 436 g/mol. The van der Waals surface area contributed by atoms with Gasteiger partial charge in [0.15, 0.2) is 0 Å². The van der Waals surface area contributed by atoms with E-state index in [1.807, 2.05) is 27.7 Å². The number of carbonyl (C=O) groups excluding carboxylic acids is 2. The molecule has 0 fully saturated rings. The zero-order chi connectivity index (χ0) is 23.8. The maximum Gasteiger partial charge on any atom is 0.113 e. The fourth-order valence-electron chi connectivity index (χ4n) is 4.65. The Morgan fingerprint density at radius 1 is 0.719 bits per heavy atom. The van der Waals surface area contributed by atoms with Crippen LogP contribution in [-0.4, -0.2) is 12.1 Å². The molecule has 0 saturated heterocycles. The van der Waals surface area contributed by atoms with Gasteiger partial charge in [0.05, 0.1) is 0 Å². The van der Waals surface area contributed by atoms with E-state index in [1.165, 1.54) is 27.8 Å². The first kappa shape index (κ1) is 27.8. The largest absolute Gasteiger partial charge is 0.731 e. The number of hydrogen-bond donors (Lipinski definition) is 0. The van der Waals surface area contributed by atoms with Crippen molar-refractivity contribution >= 4 is 12.1 Å². The minimum absolute atomic E-state index is 0. The summed E-state index contributed by atoms with van der Waals surface area (Å²) >= 11 is 0. The van der Waals surface area contributed by atoms with Gasteiger partial charge in [0, 0.05) is 17.1 Å².